The van der Waals surface area contributed by atoms with Gasteiger partial charge in [-0.15, -0.1) is 11.3 Å². The number of carboxylic acid groups (broad SMARTS) is 1. The Morgan fingerprint density at radius 1 is 1.21 bits per heavy atom. The van der Waals surface area contributed by atoms with E-state index in [1.54, 1.807) is 13.8 Å². The molecular weight excluding hydrogens is 374 g/mol. The Hall–Kier alpha value is -2.34. The molecule has 0 saturated heterocycles. The number of thiophene rings is 1. The number of amides is 1. The minimum absolute atomic E-state index is 0.0629. The molecule has 1 heterocycles. The number of anilines is 1. The van der Waals surface area contributed by atoms with Crippen molar-refractivity contribution in [3.8, 4) is 5.75 Å². The molecule has 2 N–H and O–H groups in total. The summed E-state index contributed by atoms with van der Waals surface area (Å²) in [7, 11) is 0. The van der Waals surface area contributed by atoms with Crippen LogP contribution in [0.1, 0.15) is 60.5 Å². The van der Waals surface area contributed by atoms with Gasteiger partial charge >= 0.3 is 5.97 Å². The normalized spacial score (nSPS) is 15.6. The van der Waals surface area contributed by atoms with Crippen molar-refractivity contribution in [1.29, 1.82) is 0 Å². The lowest BCUT2D eigenvalue weighted by atomic mass is 9.76. The lowest BCUT2D eigenvalue weighted by Gasteiger charge is -2.29. The van der Waals surface area contributed by atoms with Gasteiger partial charge < -0.3 is 15.2 Å². The van der Waals surface area contributed by atoms with Crippen LogP contribution in [0.15, 0.2) is 24.3 Å². The first kappa shape index (κ1) is 20.4. The van der Waals surface area contributed by atoms with Crippen LogP contribution < -0.4 is 10.1 Å². The molecule has 0 spiro atoms. The molecule has 0 radical (unpaired) electrons. The number of carbonyl (C=O) groups excluding carboxylic acids is 1. The second kappa shape index (κ2) is 7.24. The molecule has 0 bridgehead atoms. The molecule has 1 aromatic carbocycles. The Morgan fingerprint density at radius 2 is 1.86 bits per heavy atom. The summed E-state index contributed by atoms with van der Waals surface area (Å²) in [5.41, 5.74) is 1.11. The van der Waals surface area contributed by atoms with Gasteiger partial charge in [-0.2, -0.15) is 0 Å². The molecule has 1 amide bonds. The molecule has 0 aliphatic heterocycles. The van der Waals surface area contributed by atoms with Gasteiger partial charge in [0.2, 0.25) is 0 Å². The first-order valence-electron chi connectivity index (χ1n) is 9.43. The Bertz CT molecular complexity index is 909. The van der Waals surface area contributed by atoms with Crippen LogP contribution in [-0.4, -0.2) is 22.6 Å². The average Bonchev–Trinajstić information content (AvgIpc) is 2.92. The number of hydrogen-bond acceptors (Lipinski definition) is 4. The summed E-state index contributed by atoms with van der Waals surface area (Å²) in [5, 5.41) is 13.0. The molecule has 1 aliphatic carbocycles. The zero-order valence-electron chi connectivity index (χ0n) is 17.0. The fraction of sp³-hybridized carbons (Fsp3) is 0.455. The molecule has 6 heteroatoms. The number of ether oxygens (including phenoxy) is 1. The van der Waals surface area contributed by atoms with Gasteiger partial charge in [-0.05, 0) is 63.1 Å². The number of aromatic carboxylic acids is 1. The van der Waals surface area contributed by atoms with E-state index in [4.69, 9.17) is 4.74 Å². The van der Waals surface area contributed by atoms with Gasteiger partial charge in [-0.25, -0.2) is 4.79 Å². The Labute approximate surface area is 169 Å². The summed E-state index contributed by atoms with van der Waals surface area (Å²) in [6, 6.07) is 7.47. The van der Waals surface area contributed by atoms with E-state index in [0.717, 1.165) is 28.8 Å². The highest BCUT2D eigenvalue weighted by Crippen LogP contribution is 2.44. The number of rotatable bonds is 5. The smallest absolute Gasteiger partial charge is 0.339 e. The van der Waals surface area contributed by atoms with Gasteiger partial charge in [0.1, 0.15) is 10.8 Å². The molecule has 1 aromatic heterocycles. The van der Waals surface area contributed by atoms with Crippen molar-refractivity contribution in [2.75, 3.05) is 5.32 Å². The molecule has 0 unspecified atom stereocenters. The fourth-order valence-electron chi connectivity index (χ4n) is 3.44. The molecule has 2 aromatic rings. The average molecular weight is 402 g/mol. The van der Waals surface area contributed by atoms with Gasteiger partial charge in [0.05, 0.1) is 5.56 Å². The number of benzene rings is 1. The van der Waals surface area contributed by atoms with Gasteiger partial charge in [0.25, 0.3) is 5.91 Å². The maximum atomic E-state index is 12.9. The molecular formula is C22H27NO4S. The molecule has 0 fully saturated rings. The summed E-state index contributed by atoms with van der Waals surface area (Å²) >= 11 is 1.38. The number of fused-ring (bicyclic) bond motifs is 1. The van der Waals surface area contributed by atoms with Crippen LogP contribution in [0, 0.1) is 12.3 Å². The van der Waals surface area contributed by atoms with Crippen LogP contribution >= 0.6 is 11.3 Å². The number of nitrogens with one attached hydrogen (secondary N) is 1. The Balaban J connectivity index is 1.84. The first-order chi connectivity index (χ1) is 13.0. The van der Waals surface area contributed by atoms with Crippen LogP contribution in [0.3, 0.4) is 0 Å². The third-order valence-electron chi connectivity index (χ3n) is 5.16. The summed E-state index contributed by atoms with van der Waals surface area (Å²) in [5.74, 6) is -0.771. The topological polar surface area (TPSA) is 75.6 Å². The van der Waals surface area contributed by atoms with Gasteiger partial charge in [0, 0.05) is 4.88 Å². The zero-order valence-corrected chi connectivity index (χ0v) is 17.8. The Kier molecular flexibility index (Phi) is 5.28. The number of hydrogen-bond donors (Lipinski definition) is 2. The highest BCUT2D eigenvalue weighted by atomic mass is 32.1. The van der Waals surface area contributed by atoms with Crippen molar-refractivity contribution in [1.82, 2.24) is 0 Å². The van der Waals surface area contributed by atoms with Crippen LogP contribution in [0.5, 0.6) is 5.75 Å². The highest BCUT2D eigenvalue weighted by molar-refractivity contribution is 7.17. The van der Waals surface area contributed by atoms with E-state index in [2.05, 4.69) is 19.2 Å². The second-order valence-electron chi connectivity index (χ2n) is 8.73. The van der Waals surface area contributed by atoms with Crippen LogP contribution in [0.25, 0.3) is 0 Å². The van der Waals surface area contributed by atoms with Crippen molar-refractivity contribution >= 4 is 28.2 Å². The van der Waals surface area contributed by atoms with E-state index in [1.807, 2.05) is 31.2 Å². The standard InChI is InChI=1S/C22H27NO4S/c1-13-6-8-14(9-7-13)27-22(4,5)20(26)23-18-17(19(24)25)15-12-21(2,3)11-10-16(15)28-18/h6-9H,10-12H2,1-5H3,(H,23,26)(H,24,25). The predicted octanol–water partition coefficient (Wildman–Crippen LogP) is 5.07. The summed E-state index contributed by atoms with van der Waals surface area (Å²) < 4.78 is 5.87. The summed E-state index contributed by atoms with van der Waals surface area (Å²) in [6.07, 6.45) is 2.56. The van der Waals surface area contributed by atoms with E-state index in [9.17, 15) is 14.7 Å². The van der Waals surface area contributed by atoms with Crippen molar-refractivity contribution in [3.63, 3.8) is 0 Å². The molecule has 28 heavy (non-hydrogen) atoms. The molecule has 1 aliphatic rings. The van der Waals surface area contributed by atoms with E-state index < -0.39 is 11.6 Å². The maximum absolute atomic E-state index is 12.9. The minimum Gasteiger partial charge on any atom is -0.478 e. The van der Waals surface area contributed by atoms with Crippen LogP contribution in [0.2, 0.25) is 0 Å². The van der Waals surface area contributed by atoms with Gasteiger partial charge in [0.15, 0.2) is 5.60 Å². The molecule has 3 rings (SSSR count). The quantitative estimate of drug-likeness (QED) is 0.734. The van der Waals surface area contributed by atoms with E-state index in [-0.39, 0.29) is 16.9 Å². The monoisotopic (exact) mass is 401 g/mol. The van der Waals surface area contributed by atoms with Crippen LogP contribution in [0.4, 0.5) is 5.00 Å². The molecule has 150 valence electrons. The number of carbonyl (C=O) groups is 2. The van der Waals surface area contributed by atoms with Gasteiger partial charge in [-0.1, -0.05) is 31.5 Å². The number of aryl methyl sites for hydroxylation is 2. The maximum Gasteiger partial charge on any atom is 0.339 e. The lowest BCUT2D eigenvalue weighted by Crippen LogP contribution is -2.42. The third kappa shape index (κ3) is 4.22. The van der Waals surface area contributed by atoms with E-state index in [1.165, 1.54) is 11.3 Å². The molecule has 0 saturated carbocycles. The van der Waals surface area contributed by atoms with Crippen molar-refractivity contribution in [3.05, 3.63) is 45.8 Å². The summed E-state index contributed by atoms with van der Waals surface area (Å²) in [6.45, 7) is 9.64. The number of carboxylic acids is 1. The van der Waals surface area contributed by atoms with Crippen molar-refractivity contribution in [2.24, 2.45) is 5.41 Å². The second-order valence-corrected chi connectivity index (χ2v) is 9.84. The predicted molar refractivity (Wildman–Crippen MR) is 112 cm³/mol. The molecule has 0 atom stereocenters. The van der Waals surface area contributed by atoms with Crippen molar-refractivity contribution < 1.29 is 19.4 Å². The van der Waals surface area contributed by atoms with Crippen LogP contribution in [-0.2, 0) is 17.6 Å². The third-order valence-corrected chi connectivity index (χ3v) is 6.36. The minimum atomic E-state index is -1.14. The van der Waals surface area contributed by atoms with E-state index in [0.29, 0.717) is 17.2 Å². The SMILES string of the molecule is Cc1ccc(OC(C)(C)C(=O)Nc2sc3c(c2C(=O)O)CC(C)(C)CC3)cc1. The largest absolute Gasteiger partial charge is 0.478 e. The van der Waals surface area contributed by atoms with E-state index >= 15 is 0 Å². The van der Waals surface area contributed by atoms with Crippen molar-refractivity contribution in [2.45, 2.75) is 59.5 Å². The lowest BCUT2D eigenvalue weighted by molar-refractivity contribution is -0.128. The highest BCUT2D eigenvalue weighted by Gasteiger charge is 2.36. The molecule has 5 nitrogen and oxygen atoms in total. The first-order valence-corrected chi connectivity index (χ1v) is 10.3. The summed E-state index contributed by atoms with van der Waals surface area (Å²) in [4.78, 5) is 25.9. The zero-order chi connectivity index (χ0) is 20.7. The van der Waals surface area contributed by atoms with Gasteiger partial charge in [-0.3, -0.25) is 4.79 Å². The Morgan fingerprint density at radius 3 is 2.46 bits per heavy atom. The fourth-order valence-corrected chi connectivity index (χ4v) is 4.64.